The first-order chi connectivity index (χ1) is 16.4. The zero-order chi connectivity index (χ0) is 24.1. The maximum Gasteiger partial charge on any atom is 0.387 e. The third-order valence-electron chi connectivity index (χ3n) is 7.38. The molecule has 1 fully saturated rings. The van der Waals surface area contributed by atoms with E-state index < -0.39 is 18.2 Å². The van der Waals surface area contributed by atoms with Crippen molar-refractivity contribution in [3.63, 3.8) is 0 Å². The first-order valence-electron chi connectivity index (χ1n) is 12.4. The van der Waals surface area contributed by atoms with Crippen molar-refractivity contribution in [1.29, 1.82) is 0 Å². The van der Waals surface area contributed by atoms with Crippen molar-refractivity contribution >= 4 is 10.8 Å². The lowest BCUT2D eigenvalue weighted by molar-refractivity contribution is -0.0522. The summed E-state index contributed by atoms with van der Waals surface area (Å²) in [5, 5.41) is 1.49. The van der Waals surface area contributed by atoms with Gasteiger partial charge in [0.05, 0.1) is 0 Å². The van der Waals surface area contributed by atoms with E-state index in [1.54, 1.807) is 6.07 Å². The highest BCUT2D eigenvalue weighted by molar-refractivity contribution is 5.84. The number of alkyl halides is 2. The molecule has 0 bridgehead atoms. The Morgan fingerprint density at radius 1 is 0.824 bits per heavy atom. The molecule has 0 N–H and O–H groups in total. The van der Waals surface area contributed by atoms with Crippen molar-refractivity contribution in [2.45, 2.75) is 71.3 Å². The van der Waals surface area contributed by atoms with Gasteiger partial charge in [-0.1, -0.05) is 75.4 Å². The number of aryl methyl sites for hydroxylation is 3. The van der Waals surface area contributed by atoms with Gasteiger partial charge in [-0.25, -0.2) is 8.78 Å². The fraction of sp³-hybridized carbons (Fsp3) is 0.448. The standard InChI is InChI=1S/C29H32F4O/c1-2-19-3-5-20(6-4-19)7-8-21-10-15-25-24(17-21)14-13-23(28(25)31)12-9-22-11-16-27(26(30)18-22)34-29(32)33/h10-11,13-20,29H,2-9,12H2,1H3. The highest BCUT2D eigenvalue weighted by Crippen LogP contribution is 2.33. The van der Waals surface area contributed by atoms with Gasteiger partial charge >= 0.3 is 6.61 Å². The average Bonchev–Trinajstić information content (AvgIpc) is 2.84. The molecule has 0 spiro atoms. The summed E-state index contributed by atoms with van der Waals surface area (Å²) in [4.78, 5) is 0. The molecule has 34 heavy (non-hydrogen) atoms. The Morgan fingerprint density at radius 3 is 2.24 bits per heavy atom. The average molecular weight is 473 g/mol. The molecule has 0 saturated heterocycles. The number of hydrogen-bond donors (Lipinski definition) is 0. The first-order valence-corrected chi connectivity index (χ1v) is 12.4. The van der Waals surface area contributed by atoms with E-state index in [1.807, 2.05) is 18.2 Å². The van der Waals surface area contributed by atoms with Crippen molar-refractivity contribution in [2.24, 2.45) is 11.8 Å². The van der Waals surface area contributed by atoms with Gasteiger partial charge in [-0.05, 0) is 71.7 Å². The minimum atomic E-state index is -3.08. The van der Waals surface area contributed by atoms with Crippen LogP contribution in [-0.4, -0.2) is 6.61 Å². The monoisotopic (exact) mass is 472 g/mol. The van der Waals surface area contributed by atoms with Crippen LogP contribution >= 0.6 is 0 Å². The summed E-state index contributed by atoms with van der Waals surface area (Å²) >= 11 is 0. The van der Waals surface area contributed by atoms with Gasteiger partial charge in [0.25, 0.3) is 0 Å². The highest BCUT2D eigenvalue weighted by Gasteiger charge is 2.20. The van der Waals surface area contributed by atoms with Crippen molar-refractivity contribution in [1.82, 2.24) is 0 Å². The van der Waals surface area contributed by atoms with Crippen LogP contribution in [0.1, 0.15) is 62.1 Å². The van der Waals surface area contributed by atoms with Crippen LogP contribution in [0.3, 0.4) is 0 Å². The summed E-state index contributed by atoms with van der Waals surface area (Å²) < 4.78 is 57.8. The maximum absolute atomic E-state index is 15.2. The molecule has 182 valence electrons. The molecule has 1 saturated carbocycles. The Hall–Kier alpha value is -2.56. The molecule has 0 heterocycles. The van der Waals surface area contributed by atoms with Crippen LogP contribution in [-0.2, 0) is 19.3 Å². The zero-order valence-electron chi connectivity index (χ0n) is 19.6. The molecule has 0 aromatic heterocycles. The minimum absolute atomic E-state index is 0.250. The van der Waals surface area contributed by atoms with E-state index in [2.05, 4.69) is 17.7 Å². The summed E-state index contributed by atoms with van der Waals surface area (Å²) in [6.07, 6.45) is 9.67. The molecule has 0 atom stereocenters. The first kappa shape index (κ1) is 24.6. The summed E-state index contributed by atoms with van der Waals surface area (Å²) in [5.74, 6) is 0.133. The SMILES string of the molecule is CCC1CCC(CCc2ccc3c(F)c(CCc4ccc(OC(F)F)c(F)c4)ccc3c2)CC1. The molecule has 0 radical (unpaired) electrons. The fourth-order valence-corrected chi connectivity index (χ4v) is 5.20. The van der Waals surface area contributed by atoms with Crippen molar-refractivity contribution in [3.05, 3.63) is 76.9 Å². The molecule has 5 heteroatoms. The molecule has 1 nitrogen and oxygen atoms in total. The lowest BCUT2D eigenvalue weighted by Gasteiger charge is -2.27. The van der Waals surface area contributed by atoms with Gasteiger partial charge in [0.1, 0.15) is 5.82 Å². The summed E-state index contributed by atoms with van der Waals surface area (Å²) in [6, 6.07) is 13.6. The second-order valence-corrected chi connectivity index (χ2v) is 9.57. The van der Waals surface area contributed by atoms with Gasteiger partial charge in [-0.3, -0.25) is 0 Å². The van der Waals surface area contributed by atoms with E-state index in [1.165, 1.54) is 56.2 Å². The van der Waals surface area contributed by atoms with E-state index in [-0.39, 0.29) is 5.82 Å². The Balaban J connectivity index is 1.37. The largest absolute Gasteiger partial charge is 0.432 e. The number of halogens is 4. The molecule has 4 rings (SSSR count). The smallest absolute Gasteiger partial charge is 0.387 e. The van der Waals surface area contributed by atoms with Crippen LogP contribution < -0.4 is 4.74 Å². The molecule has 1 aliphatic rings. The third kappa shape index (κ3) is 6.11. The van der Waals surface area contributed by atoms with E-state index in [0.717, 1.165) is 29.7 Å². The maximum atomic E-state index is 15.2. The third-order valence-corrected chi connectivity index (χ3v) is 7.38. The van der Waals surface area contributed by atoms with Crippen molar-refractivity contribution in [2.75, 3.05) is 0 Å². The Morgan fingerprint density at radius 2 is 1.53 bits per heavy atom. The van der Waals surface area contributed by atoms with Crippen LogP contribution in [0.25, 0.3) is 10.8 Å². The van der Waals surface area contributed by atoms with Gasteiger partial charge in [0.15, 0.2) is 11.6 Å². The van der Waals surface area contributed by atoms with Crippen LogP contribution in [0.5, 0.6) is 5.75 Å². The minimum Gasteiger partial charge on any atom is -0.432 e. The lowest BCUT2D eigenvalue weighted by atomic mass is 9.78. The van der Waals surface area contributed by atoms with Gasteiger partial charge in [0, 0.05) is 5.39 Å². The van der Waals surface area contributed by atoms with Crippen LogP contribution in [0, 0.1) is 23.5 Å². The Labute approximate surface area is 199 Å². The van der Waals surface area contributed by atoms with Gasteiger partial charge < -0.3 is 4.74 Å². The molecule has 0 aliphatic heterocycles. The number of ether oxygens (including phenoxy) is 1. The van der Waals surface area contributed by atoms with E-state index >= 15 is 4.39 Å². The normalized spacial score (nSPS) is 18.5. The number of benzene rings is 3. The number of rotatable bonds is 9. The second-order valence-electron chi connectivity index (χ2n) is 9.57. The molecule has 1 aliphatic carbocycles. The molecule has 0 unspecified atom stereocenters. The number of fused-ring (bicyclic) bond motifs is 1. The fourth-order valence-electron chi connectivity index (χ4n) is 5.20. The van der Waals surface area contributed by atoms with Crippen molar-refractivity contribution in [3.8, 4) is 5.75 Å². The van der Waals surface area contributed by atoms with Crippen LogP contribution in [0.4, 0.5) is 17.6 Å². The lowest BCUT2D eigenvalue weighted by Crippen LogP contribution is -2.14. The predicted octanol–water partition coefficient (Wildman–Crippen LogP) is 8.65. The van der Waals surface area contributed by atoms with Gasteiger partial charge in [0.2, 0.25) is 0 Å². The van der Waals surface area contributed by atoms with Gasteiger partial charge in [-0.15, -0.1) is 0 Å². The topological polar surface area (TPSA) is 9.23 Å². The summed E-state index contributed by atoms with van der Waals surface area (Å²) in [6.45, 7) is -0.788. The zero-order valence-corrected chi connectivity index (χ0v) is 19.6. The van der Waals surface area contributed by atoms with Crippen molar-refractivity contribution < 1.29 is 22.3 Å². The van der Waals surface area contributed by atoms with E-state index in [4.69, 9.17) is 0 Å². The Bertz CT molecular complexity index is 1100. The van der Waals surface area contributed by atoms with E-state index in [0.29, 0.717) is 29.4 Å². The summed E-state index contributed by atoms with van der Waals surface area (Å²) in [7, 11) is 0. The van der Waals surface area contributed by atoms with Crippen LogP contribution in [0.15, 0.2) is 48.5 Å². The van der Waals surface area contributed by atoms with Gasteiger partial charge in [-0.2, -0.15) is 8.78 Å². The predicted molar refractivity (Wildman–Crippen MR) is 128 cm³/mol. The summed E-state index contributed by atoms with van der Waals surface area (Å²) in [5.41, 5.74) is 2.40. The highest BCUT2D eigenvalue weighted by atomic mass is 19.3. The van der Waals surface area contributed by atoms with Crippen LogP contribution in [0.2, 0.25) is 0 Å². The molecule has 0 amide bonds. The molecular formula is C29H32F4O. The van der Waals surface area contributed by atoms with E-state index in [9.17, 15) is 13.2 Å². The molecule has 3 aromatic rings. The number of hydrogen-bond acceptors (Lipinski definition) is 1. The molecule has 3 aromatic carbocycles. The second kappa shape index (κ2) is 11.2. The molecular weight excluding hydrogens is 440 g/mol. The quantitative estimate of drug-likeness (QED) is 0.283. The Kier molecular flexibility index (Phi) is 8.12.